The second-order valence-corrected chi connectivity index (χ2v) is 6.12. The lowest BCUT2D eigenvalue weighted by atomic mass is 9.96. The van der Waals surface area contributed by atoms with Crippen molar-refractivity contribution >= 4 is 11.6 Å². The number of aromatic hydroxyl groups is 1. The van der Waals surface area contributed by atoms with Gasteiger partial charge in [-0.05, 0) is 25.5 Å². The van der Waals surface area contributed by atoms with Crippen molar-refractivity contribution in [3.05, 3.63) is 34.9 Å². The van der Waals surface area contributed by atoms with Crippen molar-refractivity contribution in [2.45, 2.75) is 40.0 Å². The first-order valence-electron chi connectivity index (χ1n) is 6.73. The van der Waals surface area contributed by atoms with E-state index in [0.29, 0.717) is 17.1 Å². The van der Waals surface area contributed by atoms with Gasteiger partial charge in [0.2, 0.25) is 5.82 Å². The number of phenolic OH excluding ortho intramolecular Hbond substituents is 1. The molecule has 0 unspecified atom stereocenters. The number of benzene rings is 1. The van der Waals surface area contributed by atoms with Crippen LogP contribution in [0.1, 0.15) is 48.3 Å². The quantitative estimate of drug-likeness (QED) is 0.792. The number of hydrogen-bond donors (Lipinski definition) is 3. The maximum Gasteiger partial charge on any atom is 0.295 e. The van der Waals surface area contributed by atoms with E-state index in [0.717, 1.165) is 5.56 Å². The second kappa shape index (κ2) is 5.20. The number of phenols is 1. The fraction of sp³-hybridized carbons (Fsp3) is 0.400. The molecule has 2 aromatic rings. The van der Waals surface area contributed by atoms with Gasteiger partial charge >= 0.3 is 0 Å². The molecule has 0 aliphatic carbocycles. The zero-order valence-corrected chi connectivity index (χ0v) is 12.9. The summed E-state index contributed by atoms with van der Waals surface area (Å²) in [4.78, 5) is 16.4. The average molecular weight is 288 g/mol. The molecule has 6 heteroatoms. The Hall–Kier alpha value is -2.37. The molecular formula is C15H20N4O2. The minimum absolute atomic E-state index is 0.0828. The molecule has 6 nitrogen and oxygen atoms in total. The summed E-state index contributed by atoms with van der Waals surface area (Å²) >= 11 is 0. The van der Waals surface area contributed by atoms with Crippen molar-refractivity contribution in [3.8, 4) is 5.75 Å². The lowest BCUT2D eigenvalue weighted by molar-refractivity contribution is 0.101. The SMILES string of the molecule is Cc1ccc(NC(=O)c2n[nH]c(C(C)(C)C)n2)c(C)c1O. The summed E-state index contributed by atoms with van der Waals surface area (Å²) < 4.78 is 0. The van der Waals surface area contributed by atoms with Gasteiger partial charge < -0.3 is 10.4 Å². The van der Waals surface area contributed by atoms with Crippen molar-refractivity contribution in [3.63, 3.8) is 0 Å². The highest BCUT2D eigenvalue weighted by Gasteiger charge is 2.21. The number of nitrogens with one attached hydrogen (secondary N) is 2. The van der Waals surface area contributed by atoms with E-state index < -0.39 is 5.91 Å². The van der Waals surface area contributed by atoms with E-state index in [-0.39, 0.29) is 17.0 Å². The monoisotopic (exact) mass is 288 g/mol. The normalized spacial score (nSPS) is 11.5. The molecule has 0 bridgehead atoms. The molecule has 1 heterocycles. The minimum Gasteiger partial charge on any atom is -0.507 e. The van der Waals surface area contributed by atoms with Gasteiger partial charge in [0.1, 0.15) is 11.6 Å². The number of carbonyl (C=O) groups is 1. The number of anilines is 1. The number of nitrogens with zero attached hydrogens (tertiary/aromatic N) is 2. The molecule has 0 fully saturated rings. The number of rotatable bonds is 2. The number of H-pyrrole nitrogens is 1. The number of hydrogen-bond acceptors (Lipinski definition) is 4. The summed E-state index contributed by atoms with van der Waals surface area (Å²) in [5.41, 5.74) is 1.72. The maximum absolute atomic E-state index is 12.2. The molecule has 2 rings (SSSR count). The van der Waals surface area contributed by atoms with E-state index >= 15 is 0 Å². The average Bonchev–Trinajstić information content (AvgIpc) is 2.89. The molecule has 1 aromatic heterocycles. The van der Waals surface area contributed by atoms with E-state index in [1.165, 1.54) is 0 Å². The lowest BCUT2D eigenvalue weighted by Crippen LogP contribution is -2.16. The van der Waals surface area contributed by atoms with Crippen molar-refractivity contribution in [1.82, 2.24) is 15.2 Å². The standard InChI is InChI=1S/C15H20N4O2/c1-8-6-7-10(9(2)11(8)20)16-13(21)12-17-14(19-18-12)15(3,4)5/h6-7,20H,1-5H3,(H,16,21)(H,17,18,19). The molecule has 0 aliphatic heterocycles. The number of aryl methyl sites for hydroxylation is 1. The number of carbonyl (C=O) groups excluding carboxylic acids is 1. The molecule has 1 amide bonds. The van der Waals surface area contributed by atoms with Crippen LogP contribution in [0.5, 0.6) is 5.75 Å². The highest BCUT2D eigenvalue weighted by atomic mass is 16.3. The lowest BCUT2D eigenvalue weighted by Gasteiger charge is -2.13. The third-order valence-corrected chi connectivity index (χ3v) is 3.28. The van der Waals surface area contributed by atoms with Gasteiger partial charge in [0.15, 0.2) is 0 Å². The first-order chi connectivity index (χ1) is 9.70. The summed E-state index contributed by atoms with van der Waals surface area (Å²) in [6.07, 6.45) is 0. The van der Waals surface area contributed by atoms with Crippen LogP contribution >= 0.6 is 0 Å². The van der Waals surface area contributed by atoms with Gasteiger partial charge in [-0.25, -0.2) is 4.98 Å². The topological polar surface area (TPSA) is 90.9 Å². The van der Waals surface area contributed by atoms with Gasteiger partial charge in [-0.15, -0.1) is 5.10 Å². The van der Waals surface area contributed by atoms with Crippen LogP contribution in [0.3, 0.4) is 0 Å². The predicted molar refractivity (Wildman–Crippen MR) is 80.6 cm³/mol. The summed E-state index contributed by atoms with van der Waals surface area (Å²) in [5, 5.41) is 19.3. The Morgan fingerprint density at radius 3 is 2.52 bits per heavy atom. The van der Waals surface area contributed by atoms with Crippen molar-refractivity contribution in [2.75, 3.05) is 5.32 Å². The van der Waals surface area contributed by atoms with E-state index in [2.05, 4.69) is 20.5 Å². The van der Waals surface area contributed by atoms with Gasteiger partial charge in [0, 0.05) is 16.7 Å². The van der Waals surface area contributed by atoms with Gasteiger partial charge in [0.05, 0.1) is 0 Å². The summed E-state index contributed by atoms with van der Waals surface area (Å²) in [7, 11) is 0. The van der Waals surface area contributed by atoms with E-state index in [9.17, 15) is 9.90 Å². The zero-order chi connectivity index (χ0) is 15.8. The Kier molecular flexibility index (Phi) is 3.72. The van der Waals surface area contributed by atoms with Crippen LogP contribution in [0.15, 0.2) is 12.1 Å². The Morgan fingerprint density at radius 1 is 1.29 bits per heavy atom. The molecule has 0 saturated heterocycles. The molecule has 0 atom stereocenters. The van der Waals surface area contributed by atoms with E-state index in [4.69, 9.17) is 0 Å². The van der Waals surface area contributed by atoms with E-state index in [1.807, 2.05) is 20.8 Å². The van der Waals surface area contributed by atoms with Crippen molar-refractivity contribution < 1.29 is 9.90 Å². The van der Waals surface area contributed by atoms with Gasteiger partial charge in [-0.3, -0.25) is 9.89 Å². The van der Waals surface area contributed by atoms with Crippen molar-refractivity contribution in [1.29, 1.82) is 0 Å². The summed E-state index contributed by atoms with van der Waals surface area (Å²) in [5.74, 6) is 0.502. The Labute approximate surface area is 123 Å². The molecular weight excluding hydrogens is 268 g/mol. The number of aromatic nitrogens is 3. The third kappa shape index (κ3) is 3.04. The van der Waals surface area contributed by atoms with Gasteiger partial charge in [-0.1, -0.05) is 26.8 Å². The third-order valence-electron chi connectivity index (χ3n) is 3.28. The highest BCUT2D eigenvalue weighted by Crippen LogP contribution is 2.28. The van der Waals surface area contributed by atoms with Crippen LogP contribution in [0.25, 0.3) is 0 Å². The Morgan fingerprint density at radius 2 is 1.95 bits per heavy atom. The fourth-order valence-electron chi connectivity index (χ4n) is 1.85. The minimum atomic E-state index is -0.409. The largest absolute Gasteiger partial charge is 0.507 e. The number of amides is 1. The maximum atomic E-state index is 12.2. The van der Waals surface area contributed by atoms with Crippen LogP contribution in [0, 0.1) is 13.8 Å². The van der Waals surface area contributed by atoms with Crippen LogP contribution in [-0.2, 0) is 5.41 Å². The highest BCUT2D eigenvalue weighted by molar-refractivity contribution is 6.02. The molecule has 112 valence electrons. The van der Waals surface area contributed by atoms with Crippen LogP contribution in [-0.4, -0.2) is 26.2 Å². The second-order valence-electron chi connectivity index (χ2n) is 6.12. The first kappa shape index (κ1) is 15.0. The van der Waals surface area contributed by atoms with Crippen molar-refractivity contribution in [2.24, 2.45) is 0 Å². The Bertz CT molecular complexity index is 683. The molecule has 0 spiro atoms. The number of aromatic amines is 1. The Balaban J connectivity index is 2.23. The molecule has 0 radical (unpaired) electrons. The molecule has 0 aliphatic rings. The smallest absolute Gasteiger partial charge is 0.295 e. The van der Waals surface area contributed by atoms with Gasteiger partial charge in [-0.2, -0.15) is 0 Å². The molecule has 1 aromatic carbocycles. The summed E-state index contributed by atoms with van der Waals surface area (Å²) in [6, 6.07) is 3.50. The van der Waals surface area contributed by atoms with Gasteiger partial charge in [0.25, 0.3) is 5.91 Å². The zero-order valence-electron chi connectivity index (χ0n) is 12.9. The predicted octanol–water partition coefficient (Wildman–Crippen LogP) is 2.68. The fourth-order valence-corrected chi connectivity index (χ4v) is 1.85. The van der Waals surface area contributed by atoms with E-state index in [1.54, 1.807) is 26.0 Å². The summed E-state index contributed by atoms with van der Waals surface area (Å²) in [6.45, 7) is 9.50. The van der Waals surface area contributed by atoms with Crippen LogP contribution < -0.4 is 5.32 Å². The molecule has 21 heavy (non-hydrogen) atoms. The van der Waals surface area contributed by atoms with Crippen LogP contribution in [0.2, 0.25) is 0 Å². The first-order valence-corrected chi connectivity index (χ1v) is 6.73. The van der Waals surface area contributed by atoms with Crippen LogP contribution in [0.4, 0.5) is 5.69 Å². The molecule has 3 N–H and O–H groups in total. The molecule has 0 saturated carbocycles.